The average molecular weight is 411 g/mol. The Balaban J connectivity index is 1.79. The zero-order valence-electron chi connectivity index (χ0n) is 14.3. The summed E-state index contributed by atoms with van der Waals surface area (Å²) in [5, 5.41) is 5.56. The van der Waals surface area contributed by atoms with Gasteiger partial charge in [-0.15, -0.1) is 0 Å². The maximum atomic E-state index is 12.1. The monoisotopic (exact) mass is 410 g/mol. The van der Waals surface area contributed by atoms with Crippen LogP contribution < -0.4 is 15.4 Å². The standard InChI is InChI=1S/C18H16Cl2N2O5/c1-26-15-5-3-2-4-12(15)18(25)21-9-17(24)27-10-16(23)22-14-8-11(19)6-7-13(14)20/h2-8H,9-10H2,1H3,(H,21,25)(H,22,23). The van der Waals surface area contributed by atoms with E-state index in [0.717, 1.165) is 0 Å². The number of esters is 1. The van der Waals surface area contributed by atoms with Crippen molar-refractivity contribution in [2.24, 2.45) is 0 Å². The van der Waals surface area contributed by atoms with E-state index in [-0.39, 0.29) is 5.56 Å². The molecule has 9 heteroatoms. The summed E-state index contributed by atoms with van der Waals surface area (Å²) in [4.78, 5) is 35.6. The number of anilines is 1. The predicted octanol–water partition coefficient (Wildman–Crippen LogP) is 2.91. The lowest BCUT2D eigenvalue weighted by Crippen LogP contribution is -2.32. The van der Waals surface area contributed by atoms with Crippen LogP contribution in [0.15, 0.2) is 42.5 Å². The maximum absolute atomic E-state index is 12.1. The smallest absolute Gasteiger partial charge is 0.325 e. The van der Waals surface area contributed by atoms with Gasteiger partial charge in [-0.3, -0.25) is 14.4 Å². The minimum Gasteiger partial charge on any atom is -0.496 e. The van der Waals surface area contributed by atoms with Crippen molar-refractivity contribution < 1.29 is 23.9 Å². The number of benzene rings is 2. The SMILES string of the molecule is COc1ccccc1C(=O)NCC(=O)OCC(=O)Nc1cc(Cl)ccc1Cl. The molecule has 2 rings (SSSR count). The molecule has 2 amide bonds. The van der Waals surface area contributed by atoms with E-state index in [0.29, 0.717) is 21.5 Å². The predicted molar refractivity (Wildman–Crippen MR) is 101 cm³/mol. The van der Waals surface area contributed by atoms with Gasteiger partial charge in [0.2, 0.25) is 0 Å². The molecule has 7 nitrogen and oxygen atoms in total. The fourth-order valence-corrected chi connectivity index (χ4v) is 2.39. The molecule has 0 bridgehead atoms. The first kappa shape index (κ1) is 20.5. The number of halogens is 2. The Morgan fingerprint density at radius 1 is 1.07 bits per heavy atom. The topological polar surface area (TPSA) is 93.7 Å². The maximum Gasteiger partial charge on any atom is 0.325 e. The van der Waals surface area contributed by atoms with Gasteiger partial charge in [-0.1, -0.05) is 35.3 Å². The molecule has 0 aliphatic heterocycles. The number of carbonyl (C=O) groups excluding carboxylic acids is 3. The second-order valence-corrected chi connectivity index (χ2v) is 6.06. The number of hydrogen-bond donors (Lipinski definition) is 2. The molecule has 2 N–H and O–H groups in total. The highest BCUT2D eigenvalue weighted by Gasteiger charge is 2.14. The lowest BCUT2D eigenvalue weighted by atomic mass is 10.2. The van der Waals surface area contributed by atoms with Crippen molar-refractivity contribution in [3.05, 3.63) is 58.1 Å². The Bertz CT molecular complexity index is 857. The van der Waals surface area contributed by atoms with Crippen LogP contribution in [0.4, 0.5) is 5.69 Å². The summed E-state index contributed by atoms with van der Waals surface area (Å²) in [6.07, 6.45) is 0. The molecule has 0 heterocycles. The molecule has 0 fully saturated rings. The van der Waals surface area contributed by atoms with Crippen LogP contribution in [0.3, 0.4) is 0 Å². The van der Waals surface area contributed by atoms with E-state index >= 15 is 0 Å². The third kappa shape index (κ3) is 6.16. The van der Waals surface area contributed by atoms with E-state index in [1.807, 2.05) is 0 Å². The molecule has 0 radical (unpaired) electrons. The van der Waals surface area contributed by atoms with E-state index < -0.39 is 30.9 Å². The normalized spacial score (nSPS) is 10.0. The summed E-state index contributed by atoms with van der Waals surface area (Å²) in [7, 11) is 1.44. The number of nitrogens with one attached hydrogen (secondary N) is 2. The molecule has 0 spiro atoms. The van der Waals surface area contributed by atoms with E-state index in [2.05, 4.69) is 10.6 Å². The summed E-state index contributed by atoms with van der Waals surface area (Å²) in [5.74, 6) is -1.49. The summed E-state index contributed by atoms with van der Waals surface area (Å²) in [6, 6.07) is 11.1. The second-order valence-electron chi connectivity index (χ2n) is 5.22. The number of hydrogen-bond acceptors (Lipinski definition) is 5. The van der Waals surface area contributed by atoms with Crippen LogP contribution in [0.1, 0.15) is 10.4 Å². The molecular weight excluding hydrogens is 395 g/mol. The fourth-order valence-electron chi connectivity index (χ4n) is 2.06. The molecule has 0 saturated carbocycles. The Morgan fingerprint density at radius 2 is 1.81 bits per heavy atom. The molecular formula is C18H16Cl2N2O5. The van der Waals surface area contributed by atoms with Gasteiger partial charge >= 0.3 is 5.97 Å². The number of amides is 2. The third-order valence-electron chi connectivity index (χ3n) is 3.31. The molecule has 0 atom stereocenters. The molecule has 0 unspecified atom stereocenters. The number of para-hydroxylation sites is 1. The van der Waals surface area contributed by atoms with Gasteiger partial charge in [-0.05, 0) is 30.3 Å². The van der Waals surface area contributed by atoms with Crippen molar-refractivity contribution in [1.29, 1.82) is 0 Å². The quantitative estimate of drug-likeness (QED) is 0.684. The average Bonchev–Trinajstić information content (AvgIpc) is 2.67. The number of ether oxygens (including phenoxy) is 2. The molecule has 142 valence electrons. The van der Waals surface area contributed by atoms with Crippen molar-refractivity contribution in [2.75, 3.05) is 25.6 Å². The minimum atomic E-state index is -0.773. The van der Waals surface area contributed by atoms with Crippen molar-refractivity contribution in [3.63, 3.8) is 0 Å². The fraction of sp³-hybridized carbons (Fsp3) is 0.167. The number of carbonyl (C=O) groups is 3. The molecule has 27 heavy (non-hydrogen) atoms. The van der Waals surface area contributed by atoms with Crippen molar-refractivity contribution in [3.8, 4) is 5.75 Å². The third-order valence-corrected chi connectivity index (χ3v) is 3.88. The van der Waals surface area contributed by atoms with Gasteiger partial charge in [0.05, 0.1) is 23.4 Å². The molecule has 0 saturated heterocycles. The summed E-state index contributed by atoms with van der Waals surface area (Å²) >= 11 is 11.8. The van der Waals surface area contributed by atoms with Crippen LogP contribution in [0.25, 0.3) is 0 Å². The first-order valence-corrected chi connectivity index (χ1v) is 8.48. The lowest BCUT2D eigenvalue weighted by Gasteiger charge is -2.10. The summed E-state index contributed by atoms with van der Waals surface area (Å²) in [6.45, 7) is -0.936. The highest BCUT2D eigenvalue weighted by Crippen LogP contribution is 2.25. The summed E-state index contributed by atoms with van der Waals surface area (Å²) in [5.41, 5.74) is 0.579. The van der Waals surface area contributed by atoms with Gasteiger partial charge in [0.25, 0.3) is 11.8 Å². The van der Waals surface area contributed by atoms with Gasteiger partial charge in [0, 0.05) is 5.02 Å². The Hall–Kier alpha value is -2.77. The van der Waals surface area contributed by atoms with Crippen LogP contribution in [0.5, 0.6) is 5.75 Å². The van der Waals surface area contributed by atoms with Crippen molar-refractivity contribution in [1.82, 2.24) is 5.32 Å². The Labute approximate surface area is 165 Å². The van der Waals surface area contributed by atoms with Crippen molar-refractivity contribution in [2.45, 2.75) is 0 Å². The van der Waals surface area contributed by atoms with E-state index in [1.54, 1.807) is 30.3 Å². The largest absolute Gasteiger partial charge is 0.496 e. The Kier molecular flexibility index (Phi) is 7.45. The second kappa shape index (κ2) is 9.80. The molecule has 2 aromatic carbocycles. The first-order chi connectivity index (χ1) is 12.9. The minimum absolute atomic E-state index is 0.279. The van der Waals surface area contributed by atoms with Crippen LogP contribution in [0.2, 0.25) is 10.0 Å². The van der Waals surface area contributed by atoms with Crippen molar-refractivity contribution >= 4 is 46.7 Å². The van der Waals surface area contributed by atoms with Crippen LogP contribution in [-0.4, -0.2) is 38.0 Å². The van der Waals surface area contributed by atoms with Crippen LogP contribution in [-0.2, 0) is 14.3 Å². The molecule has 0 aliphatic carbocycles. The van der Waals surface area contributed by atoms with E-state index in [9.17, 15) is 14.4 Å². The van der Waals surface area contributed by atoms with Gasteiger partial charge in [-0.25, -0.2) is 0 Å². The van der Waals surface area contributed by atoms with Crippen LogP contribution >= 0.6 is 23.2 Å². The van der Waals surface area contributed by atoms with Gasteiger partial charge in [0.15, 0.2) is 6.61 Å². The number of methoxy groups -OCH3 is 1. The zero-order valence-corrected chi connectivity index (χ0v) is 15.8. The summed E-state index contributed by atoms with van der Waals surface area (Å²) < 4.78 is 9.89. The lowest BCUT2D eigenvalue weighted by molar-refractivity contribution is -0.146. The van der Waals surface area contributed by atoms with E-state index in [1.165, 1.54) is 19.2 Å². The first-order valence-electron chi connectivity index (χ1n) is 7.72. The van der Waals surface area contributed by atoms with Gasteiger partial charge in [0.1, 0.15) is 12.3 Å². The highest BCUT2D eigenvalue weighted by atomic mass is 35.5. The highest BCUT2D eigenvalue weighted by molar-refractivity contribution is 6.35. The number of rotatable bonds is 7. The van der Waals surface area contributed by atoms with Gasteiger partial charge < -0.3 is 20.1 Å². The molecule has 2 aromatic rings. The molecule has 0 aromatic heterocycles. The van der Waals surface area contributed by atoms with Crippen LogP contribution in [0, 0.1) is 0 Å². The van der Waals surface area contributed by atoms with E-state index in [4.69, 9.17) is 32.7 Å². The Morgan fingerprint density at radius 3 is 2.56 bits per heavy atom. The molecule has 0 aliphatic rings. The van der Waals surface area contributed by atoms with Gasteiger partial charge in [-0.2, -0.15) is 0 Å². The zero-order chi connectivity index (χ0) is 19.8.